The number of anilines is 1. The monoisotopic (exact) mass is 289 g/mol. The Kier molecular flexibility index (Phi) is 4.66. The Morgan fingerprint density at radius 3 is 2.24 bits per heavy atom. The number of aryl methyl sites for hydroxylation is 1. The first-order chi connectivity index (χ1) is 9.92. The van der Waals surface area contributed by atoms with E-state index in [-0.39, 0.29) is 12.5 Å². The highest BCUT2D eigenvalue weighted by Gasteiger charge is 2.38. The molecule has 1 aliphatic rings. The average molecular weight is 289 g/mol. The van der Waals surface area contributed by atoms with Gasteiger partial charge in [0.1, 0.15) is 6.54 Å². The molecule has 1 aromatic carbocycles. The maximum atomic E-state index is 12.9. The summed E-state index contributed by atoms with van der Waals surface area (Å²) < 4.78 is 0. The van der Waals surface area contributed by atoms with Crippen LogP contribution in [0.2, 0.25) is 0 Å². The zero-order valence-electron chi connectivity index (χ0n) is 12.8. The molecule has 1 N–H and O–H groups in total. The van der Waals surface area contributed by atoms with Crippen molar-refractivity contribution in [3.63, 3.8) is 0 Å². The van der Waals surface area contributed by atoms with Gasteiger partial charge in [0.05, 0.1) is 0 Å². The number of rotatable bonds is 4. The van der Waals surface area contributed by atoms with Crippen molar-refractivity contribution >= 4 is 17.6 Å². The van der Waals surface area contributed by atoms with Crippen LogP contribution in [-0.2, 0) is 9.59 Å². The highest BCUT2D eigenvalue weighted by molar-refractivity contribution is 6.00. The van der Waals surface area contributed by atoms with Crippen LogP contribution in [0.3, 0.4) is 0 Å². The molecule has 4 nitrogen and oxygen atoms in total. The summed E-state index contributed by atoms with van der Waals surface area (Å²) in [6, 6.07) is 7.45. The number of hydrogen-bond acceptors (Lipinski definition) is 2. The topological polar surface area (TPSA) is 57.6 Å². The standard InChI is InChI=1S/C17H23NO3/c1-13-6-8-14(9-7-13)18(12-15(19)20)16(21)17(2)10-4-3-5-11-17/h6-9H,3-5,10-12H2,1-2H3,(H,19,20). The highest BCUT2D eigenvalue weighted by atomic mass is 16.4. The lowest BCUT2D eigenvalue weighted by Gasteiger charge is -2.36. The Labute approximate surface area is 125 Å². The van der Waals surface area contributed by atoms with Gasteiger partial charge in [-0.3, -0.25) is 9.59 Å². The molecule has 114 valence electrons. The first-order valence-electron chi connectivity index (χ1n) is 7.53. The molecule has 4 heteroatoms. The first-order valence-corrected chi connectivity index (χ1v) is 7.53. The third-order valence-corrected chi connectivity index (χ3v) is 4.36. The van der Waals surface area contributed by atoms with E-state index in [9.17, 15) is 9.59 Å². The van der Waals surface area contributed by atoms with Crippen molar-refractivity contribution in [2.24, 2.45) is 5.41 Å². The largest absolute Gasteiger partial charge is 0.480 e. The molecular formula is C17H23NO3. The predicted molar refractivity (Wildman–Crippen MR) is 82.4 cm³/mol. The molecule has 21 heavy (non-hydrogen) atoms. The van der Waals surface area contributed by atoms with Crippen molar-refractivity contribution in [2.45, 2.75) is 46.0 Å². The lowest BCUT2D eigenvalue weighted by atomic mass is 9.74. The van der Waals surface area contributed by atoms with Gasteiger partial charge in [-0.1, -0.05) is 43.9 Å². The summed E-state index contributed by atoms with van der Waals surface area (Å²) in [4.78, 5) is 25.5. The molecular weight excluding hydrogens is 266 g/mol. The van der Waals surface area contributed by atoms with Crippen molar-refractivity contribution in [1.29, 1.82) is 0 Å². The highest BCUT2D eigenvalue weighted by Crippen LogP contribution is 2.38. The summed E-state index contributed by atoms with van der Waals surface area (Å²) >= 11 is 0. The Bertz CT molecular complexity index is 515. The van der Waals surface area contributed by atoms with Crippen LogP contribution < -0.4 is 4.90 Å². The fourth-order valence-corrected chi connectivity index (χ4v) is 3.01. The maximum Gasteiger partial charge on any atom is 0.323 e. The summed E-state index contributed by atoms with van der Waals surface area (Å²) in [5.74, 6) is -1.04. The lowest BCUT2D eigenvalue weighted by Crippen LogP contribution is -2.46. The summed E-state index contributed by atoms with van der Waals surface area (Å²) in [5, 5.41) is 9.14. The summed E-state index contributed by atoms with van der Waals surface area (Å²) in [6.45, 7) is 3.66. The van der Waals surface area contributed by atoms with Crippen LogP contribution in [0.5, 0.6) is 0 Å². The van der Waals surface area contributed by atoms with Gasteiger partial charge in [-0.15, -0.1) is 0 Å². The number of carboxylic acids is 1. The quantitative estimate of drug-likeness (QED) is 0.924. The Hall–Kier alpha value is -1.84. The van der Waals surface area contributed by atoms with E-state index in [2.05, 4.69) is 0 Å². The first kappa shape index (κ1) is 15.5. The van der Waals surface area contributed by atoms with Gasteiger partial charge in [0.2, 0.25) is 5.91 Å². The molecule has 1 aromatic rings. The van der Waals surface area contributed by atoms with Crippen LogP contribution in [0, 0.1) is 12.3 Å². The van der Waals surface area contributed by atoms with Crippen molar-refractivity contribution < 1.29 is 14.7 Å². The molecule has 0 aromatic heterocycles. The van der Waals surface area contributed by atoms with Gasteiger partial charge >= 0.3 is 5.97 Å². The minimum atomic E-state index is -0.983. The van der Waals surface area contributed by atoms with E-state index in [0.717, 1.165) is 37.7 Å². The number of hydrogen-bond donors (Lipinski definition) is 1. The van der Waals surface area contributed by atoms with Gasteiger partial charge in [-0.05, 0) is 31.9 Å². The SMILES string of the molecule is Cc1ccc(N(CC(=O)O)C(=O)C2(C)CCCCC2)cc1. The molecule has 1 fully saturated rings. The Morgan fingerprint density at radius 1 is 1.14 bits per heavy atom. The molecule has 0 heterocycles. The minimum Gasteiger partial charge on any atom is -0.480 e. The predicted octanol–water partition coefficient (Wildman–Crippen LogP) is 3.38. The third-order valence-electron chi connectivity index (χ3n) is 4.36. The number of carbonyl (C=O) groups excluding carboxylic acids is 1. The molecule has 0 spiro atoms. The molecule has 0 aliphatic heterocycles. The number of nitrogens with zero attached hydrogens (tertiary/aromatic N) is 1. The molecule has 1 aliphatic carbocycles. The van der Waals surface area contributed by atoms with Crippen LogP contribution in [0.25, 0.3) is 0 Å². The van der Waals surface area contributed by atoms with Gasteiger partial charge in [-0.25, -0.2) is 0 Å². The van der Waals surface area contributed by atoms with Crippen LogP contribution >= 0.6 is 0 Å². The summed E-state index contributed by atoms with van der Waals surface area (Å²) in [5.41, 5.74) is 1.32. The molecule has 0 saturated heterocycles. The van der Waals surface area contributed by atoms with E-state index in [1.54, 1.807) is 0 Å². The van der Waals surface area contributed by atoms with Gasteiger partial charge in [0.25, 0.3) is 0 Å². The van der Waals surface area contributed by atoms with Crippen LogP contribution in [-0.4, -0.2) is 23.5 Å². The fourth-order valence-electron chi connectivity index (χ4n) is 3.01. The van der Waals surface area contributed by atoms with Crippen molar-refractivity contribution in [3.05, 3.63) is 29.8 Å². The average Bonchev–Trinajstić information content (AvgIpc) is 2.46. The second kappa shape index (κ2) is 6.29. The number of benzene rings is 1. The normalized spacial score (nSPS) is 17.2. The minimum absolute atomic E-state index is 0.0616. The fraction of sp³-hybridized carbons (Fsp3) is 0.529. The van der Waals surface area contributed by atoms with Crippen LogP contribution in [0.4, 0.5) is 5.69 Å². The molecule has 0 bridgehead atoms. The molecule has 1 amide bonds. The van der Waals surface area contributed by atoms with E-state index in [0.29, 0.717) is 5.69 Å². The summed E-state index contributed by atoms with van der Waals surface area (Å²) in [7, 11) is 0. The van der Waals surface area contributed by atoms with Crippen molar-refractivity contribution in [3.8, 4) is 0 Å². The zero-order chi connectivity index (χ0) is 15.5. The number of carboxylic acid groups (broad SMARTS) is 1. The maximum absolute atomic E-state index is 12.9. The lowest BCUT2D eigenvalue weighted by molar-refractivity contribution is -0.138. The van der Waals surface area contributed by atoms with Gasteiger partial charge in [0.15, 0.2) is 0 Å². The van der Waals surface area contributed by atoms with Gasteiger partial charge in [0, 0.05) is 11.1 Å². The molecule has 0 unspecified atom stereocenters. The molecule has 2 rings (SSSR count). The zero-order valence-corrected chi connectivity index (χ0v) is 12.8. The van der Waals surface area contributed by atoms with E-state index >= 15 is 0 Å². The van der Waals surface area contributed by atoms with Gasteiger partial charge in [-0.2, -0.15) is 0 Å². The molecule has 0 radical (unpaired) electrons. The van der Waals surface area contributed by atoms with Crippen molar-refractivity contribution in [1.82, 2.24) is 0 Å². The summed E-state index contributed by atoms with van der Waals surface area (Å²) in [6.07, 6.45) is 4.92. The number of aliphatic carboxylic acids is 1. The van der Waals surface area contributed by atoms with Crippen LogP contribution in [0.1, 0.15) is 44.6 Å². The van der Waals surface area contributed by atoms with Crippen LogP contribution in [0.15, 0.2) is 24.3 Å². The molecule has 0 atom stereocenters. The second-order valence-corrected chi connectivity index (χ2v) is 6.24. The number of carbonyl (C=O) groups is 2. The third kappa shape index (κ3) is 3.63. The number of amides is 1. The van der Waals surface area contributed by atoms with Gasteiger partial charge < -0.3 is 10.0 Å². The van der Waals surface area contributed by atoms with E-state index < -0.39 is 11.4 Å². The van der Waals surface area contributed by atoms with E-state index in [1.165, 1.54) is 4.90 Å². The molecule has 1 saturated carbocycles. The second-order valence-electron chi connectivity index (χ2n) is 6.24. The Morgan fingerprint density at radius 2 is 1.71 bits per heavy atom. The van der Waals surface area contributed by atoms with Crippen molar-refractivity contribution in [2.75, 3.05) is 11.4 Å². The smallest absolute Gasteiger partial charge is 0.323 e. The Balaban J connectivity index is 2.28. The van der Waals surface area contributed by atoms with E-state index in [1.807, 2.05) is 38.1 Å². The van der Waals surface area contributed by atoms with E-state index in [4.69, 9.17) is 5.11 Å².